The van der Waals surface area contributed by atoms with Gasteiger partial charge < -0.3 is 5.32 Å². The largest absolute Gasteiger partial charge is 0.325 e. The van der Waals surface area contributed by atoms with Crippen LogP contribution in [0.15, 0.2) is 48.5 Å². The summed E-state index contributed by atoms with van der Waals surface area (Å²) in [5.41, 5.74) is 2.22. The van der Waals surface area contributed by atoms with E-state index in [0.717, 1.165) is 12.0 Å². The molecule has 4 nitrogen and oxygen atoms in total. The van der Waals surface area contributed by atoms with Gasteiger partial charge in [-0.3, -0.25) is 4.79 Å². The molecule has 0 fully saturated rings. The van der Waals surface area contributed by atoms with Crippen LogP contribution in [0.2, 0.25) is 5.02 Å². The average Bonchev–Trinajstić information content (AvgIpc) is 2.56. The van der Waals surface area contributed by atoms with E-state index in [9.17, 15) is 13.2 Å². The molecule has 1 unspecified atom stereocenters. The highest BCUT2D eigenvalue weighted by Crippen LogP contribution is 2.20. The Labute approximate surface area is 147 Å². The van der Waals surface area contributed by atoms with Crippen LogP contribution in [0.4, 0.5) is 5.69 Å². The van der Waals surface area contributed by atoms with E-state index in [1.165, 1.54) is 6.92 Å². The number of halogens is 1. The van der Waals surface area contributed by atoms with E-state index in [0.29, 0.717) is 16.3 Å². The lowest BCUT2D eigenvalue weighted by Crippen LogP contribution is -2.33. The number of carbonyl (C=O) groups excluding carboxylic acids is 1. The number of rotatable bonds is 6. The maximum absolute atomic E-state index is 12.5. The second-order valence-corrected chi connectivity index (χ2v) is 8.31. The Kier molecular flexibility index (Phi) is 6.02. The zero-order valence-electron chi connectivity index (χ0n) is 13.6. The Balaban J connectivity index is 2.09. The van der Waals surface area contributed by atoms with Gasteiger partial charge in [-0.2, -0.15) is 0 Å². The number of amides is 1. The molecule has 0 aromatic heterocycles. The lowest BCUT2D eigenvalue weighted by molar-refractivity contribution is -0.115. The number of hydrogen-bond acceptors (Lipinski definition) is 3. The third-order valence-electron chi connectivity index (χ3n) is 3.85. The second kappa shape index (κ2) is 7.81. The topological polar surface area (TPSA) is 63.2 Å². The van der Waals surface area contributed by atoms with Crippen LogP contribution in [0, 0.1) is 0 Å². The van der Waals surface area contributed by atoms with Crippen molar-refractivity contribution >= 4 is 33.0 Å². The fraction of sp³-hybridized carbons (Fsp3) is 0.278. The van der Waals surface area contributed by atoms with Gasteiger partial charge >= 0.3 is 0 Å². The van der Waals surface area contributed by atoms with E-state index in [-0.39, 0.29) is 5.75 Å². The first-order valence-corrected chi connectivity index (χ1v) is 9.77. The number of carbonyl (C=O) groups is 1. The van der Waals surface area contributed by atoms with Crippen molar-refractivity contribution in [2.75, 3.05) is 5.32 Å². The summed E-state index contributed by atoms with van der Waals surface area (Å²) < 4.78 is 24.9. The van der Waals surface area contributed by atoms with Gasteiger partial charge in [0.2, 0.25) is 5.91 Å². The molecule has 0 heterocycles. The van der Waals surface area contributed by atoms with Crippen molar-refractivity contribution in [3.05, 3.63) is 64.7 Å². The van der Waals surface area contributed by atoms with E-state index in [1.807, 2.05) is 19.1 Å². The quantitative estimate of drug-likeness (QED) is 0.845. The fourth-order valence-electron chi connectivity index (χ4n) is 2.19. The number of sulfone groups is 1. The molecule has 1 atom stereocenters. The number of nitrogens with one attached hydrogen (secondary N) is 1. The molecule has 0 saturated heterocycles. The van der Waals surface area contributed by atoms with Crippen molar-refractivity contribution in [3.8, 4) is 0 Å². The fourth-order valence-corrected chi connectivity index (χ4v) is 3.79. The smallest absolute Gasteiger partial charge is 0.242 e. The monoisotopic (exact) mass is 365 g/mol. The average molecular weight is 366 g/mol. The Morgan fingerprint density at radius 2 is 1.75 bits per heavy atom. The molecule has 1 N–H and O–H groups in total. The minimum atomic E-state index is -3.66. The van der Waals surface area contributed by atoms with Gasteiger partial charge in [-0.1, -0.05) is 48.9 Å². The van der Waals surface area contributed by atoms with Crippen molar-refractivity contribution in [1.29, 1.82) is 0 Å². The van der Waals surface area contributed by atoms with Gasteiger partial charge in [0, 0.05) is 10.7 Å². The number of hydrogen-bond donors (Lipinski definition) is 1. The van der Waals surface area contributed by atoms with Crippen molar-refractivity contribution in [2.24, 2.45) is 0 Å². The predicted molar refractivity (Wildman–Crippen MR) is 98.0 cm³/mol. The summed E-state index contributed by atoms with van der Waals surface area (Å²) in [5.74, 6) is -0.818. The van der Waals surface area contributed by atoms with Gasteiger partial charge in [-0.15, -0.1) is 0 Å². The van der Waals surface area contributed by atoms with Crippen LogP contribution in [-0.4, -0.2) is 19.6 Å². The summed E-state index contributed by atoms with van der Waals surface area (Å²) >= 11 is 6.01. The lowest BCUT2D eigenvalue weighted by Gasteiger charge is -2.14. The molecule has 0 aliphatic carbocycles. The number of benzene rings is 2. The van der Waals surface area contributed by atoms with Crippen LogP contribution >= 0.6 is 11.6 Å². The van der Waals surface area contributed by atoms with Crippen LogP contribution in [0.3, 0.4) is 0 Å². The highest BCUT2D eigenvalue weighted by atomic mass is 35.5. The number of anilines is 1. The van der Waals surface area contributed by atoms with E-state index in [2.05, 4.69) is 5.32 Å². The molecule has 0 saturated carbocycles. The van der Waals surface area contributed by atoms with E-state index in [1.54, 1.807) is 36.4 Å². The molecule has 2 aromatic carbocycles. The molecule has 0 aliphatic rings. The summed E-state index contributed by atoms with van der Waals surface area (Å²) in [6.07, 6.45) is 0.900. The minimum Gasteiger partial charge on any atom is -0.325 e. The van der Waals surface area contributed by atoms with Crippen molar-refractivity contribution in [1.82, 2.24) is 0 Å². The van der Waals surface area contributed by atoms with Gasteiger partial charge in [-0.25, -0.2) is 8.42 Å². The number of aryl methyl sites for hydroxylation is 1. The molecule has 6 heteroatoms. The molecule has 1 amide bonds. The maximum Gasteiger partial charge on any atom is 0.242 e. The Morgan fingerprint density at radius 1 is 1.12 bits per heavy atom. The van der Waals surface area contributed by atoms with Crippen LogP contribution in [0.1, 0.15) is 25.0 Å². The lowest BCUT2D eigenvalue weighted by atomic mass is 10.1. The highest BCUT2D eigenvalue weighted by Gasteiger charge is 2.28. The van der Waals surface area contributed by atoms with Crippen molar-refractivity contribution in [3.63, 3.8) is 0 Å². The molecule has 2 rings (SSSR count). The first-order chi connectivity index (χ1) is 11.3. The van der Waals surface area contributed by atoms with E-state index >= 15 is 0 Å². The first-order valence-electron chi connectivity index (χ1n) is 7.68. The SMILES string of the molecule is CCc1ccc(NC(=O)C(C)S(=O)(=O)Cc2ccccc2Cl)cc1. The van der Waals surface area contributed by atoms with Gasteiger partial charge in [0.1, 0.15) is 5.25 Å². The molecule has 0 aliphatic heterocycles. The standard InChI is InChI=1S/C18H20ClNO3S/c1-3-14-8-10-16(11-9-14)20-18(21)13(2)24(22,23)12-15-6-4-5-7-17(15)19/h4-11,13H,3,12H2,1-2H3,(H,20,21). The summed E-state index contributed by atoms with van der Waals surface area (Å²) in [7, 11) is -3.66. The molecule has 128 valence electrons. The van der Waals surface area contributed by atoms with Crippen LogP contribution < -0.4 is 5.32 Å². The third-order valence-corrected chi connectivity index (χ3v) is 6.23. The predicted octanol–water partition coefficient (Wildman–Crippen LogP) is 3.84. The van der Waals surface area contributed by atoms with Crippen LogP contribution in [0.5, 0.6) is 0 Å². The van der Waals surface area contributed by atoms with Crippen LogP contribution in [-0.2, 0) is 26.8 Å². The van der Waals surface area contributed by atoms with Crippen LogP contribution in [0.25, 0.3) is 0 Å². The summed E-state index contributed by atoms with van der Waals surface area (Å²) in [5, 5.41) is 1.86. The van der Waals surface area contributed by atoms with Gasteiger partial charge in [0.15, 0.2) is 9.84 Å². The maximum atomic E-state index is 12.5. The summed E-state index contributed by atoms with van der Waals surface area (Å²) in [6.45, 7) is 3.43. The third kappa shape index (κ3) is 4.58. The zero-order valence-corrected chi connectivity index (χ0v) is 15.2. The van der Waals surface area contributed by atoms with Gasteiger partial charge in [0.05, 0.1) is 5.75 Å². The van der Waals surface area contributed by atoms with E-state index in [4.69, 9.17) is 11.6 Å². The molecule has 0 spiro atoms. The molecular weight excluding hydrogens is 346 g/mol. The second-order valence-electron chi connectivity index (χ2n) is 5.58. The Morgan fingerprint density at radius 3 is 2.33 bits per heavy atom. The van der Waals surface area contributed by atoms with E-state index < -0.39 is 21.0 Å². The minimum absolute atomic E-state index is 0.268. The molecule has 0 bridgehead atoms. The normalized spacial score (nSPS) is 12.6. The highest BCUT2D eigenvalue weighted by molar-refractivity contribution is 7.92. The van der Waals surface area contributed by atoms with Gasteiger partial charge in [-0.05, 0) is 42.7 Å². The summed E-state index contributed by atoms with van der Waals surface area (Å²) in [4.78, 5) is 12.3. The molecule has 0 radical (unpaired) electrons. The first kappa shape index (κ1) is 18.5. The van der Waals surface area contributed by atoms with Crippen molar-refractivity contribution in [2.45, 2.75) is 31.3 Å². The van der Waals surface area contributed by atoms with Gasteiger partial charge in [0.25, 0.3) is 0 Å². The zero-order chi connectivity index (χ0) is 17.7. The van der Waals surface area contributed by atoms with Crippen molar-refractivity contribution < 1.29 is 13.2 Å². The Bertz CT molecular complexity index is 816. The molecular formula is C18H20ClNO3S. The molecule has 24 heavy (non-hydrogen) atoms. The Hall–Kier alpha value is -1.85. The molecule has 2 aromatic rings. The summed E-state index contributed by atoms with van der Waals surface area (Å²) in [6, 6.07) is 14.1.